The lowest BCUT2D eigenvalue weighted by Gasteiger charge is -2.21. The summed E-state index contributed by atoms with van der Waals surface area (Å²) >= 11 is 0. The quantitative estimate of drug-likeness (QED) is 0.635. The van der Waals surface area contributed by atoms with Crippen LogP contribution in [-0.4, -0.2) is 36.8 Å². The van der Waals surface area contributed by atoms with Gasteiger partial charge in [0, 0.05) is 31.3 Å². The van der Waals surface area contributed by atoms with Crippen molar-refractivity contribution in [2.75, 3.05) is 18.4 Å². The number of nitro benzene ring substituents is 1. The largest absolute Gasteiger partial charge is 0.381 e. The fourth-order valence-electron chi connectivity index (χ4n) is 2.98. The van der Waals surface area contributed by atoms with E-state index in [0.29, 0.717) is 24.7 Å². The number of nitrogens with one attached hydrogen (secondary N) is 1. The van der Waals surface area contributed by atoms with Crippen LogP contribution in [0, 0.1) is 16.0 Å². The van der Waals surface area contributed by atoms with Gasteiger partial charge in [-0.15, -0.1) is 0 Å². The van der Waals surface area contributed by atoms with Gasteiger partial charge in [-0.3, -0.25) is 10.1 Å². The first kappa shape index (κ1) is 16.2. The molecule has 8 heteroatoms. The van der Waals surface area contributed by atoms with Crippen molar-refractivity contribution in [1.82, 2.24) is 4.31 Å². The van der Waals surface area contributed by atoms with Crippen LogP contribution in [0.15, 0.2) is 23.1 Å². The van der Waals surface area contributed by atoms with Crippen LogP contribution in [0.1, 0.15) is 32.6 Å². The van der Waals surface area contributed by atoms with E-state index in [1.807, 2.05) is 6.92 Å². The fourth-order valence-corrected chi connectivity index (χ4v) is 4.68. The molecule has 2 aliphatic rings. The van der Waals surface area contributed by atoms with Crippen LogP contribution < -0.4 is 5.32 Å². The van der Waals surface area contributed by atoms with Crippen molar-refractivity contribution in [3.63, 3.8) is 0 Å². The Hall–Kier alpha value is -1.67. The highest BCUT2D eigenvalue weighted by molar-refractivity contribution is 7.89. The molecular weight excluding hydrogens is 318 g/mol. The van der Waals surface area contributed by atoms with Crippen LogP contribution in [0.3, 0.4) is 0 Å². The van der Waals surface area contributed by atoms with Crippen LogP contribution in [0.5, 0.6) is 0 Å². The molecule has 1 saturated carbocycles. The fraction of sp³-hybridized carbons (Fsp3) is 0.600. The number of hydrogen-bond donors (Lipinski definition) is 1. The molecule has 0 radical (unpaired) electrons. The molecule has 2 fully saturated rings. The monoisotopic (exact) mass is 339 g/mol. The Morgan fingerprint density at radius 1 is 1.30 bits per heavy atom. The maximum atomic E-state index is 12.9. The number of anilines is 1. The zero-order valence-corrected chi connectivity index (χ0v) is 13.9. The van der Waals surface area contributed by atoms with Gasteiger partial charge >= 0.3 is 0 Å². The number of nitro groups is 1. The van der Waals surface area contributed by atoms with E-state index in [1.54, 1.807) is 0 Å². The zero-order chi connectivity index (χ0) is 16.6. The maximum Gasteiger partial charge on any atom is 0.270 e. The topological polar surface area (TPSA) is 92.5 Å². The van der Waals surface area contributed by atoms with Crippen molar-refractivity contribution in [2.24, 2.45) is 5.92 Å². The molecule has 3 rings (SSSR count). The van der Waals surface area contributed by atoms with Gasteiger partial charge in [0.25, 0.3) is 5.69 Å². The van der Waals surface area contributed by atoms with Gasteiger partial charge in [0.15, 0.2) is 0 Å². The minimum atomic E-state index is -3.71. The number of rotatable bonds is 6. The molecule has 1 unspecified atom stereocenters. The Balaban J connectivity index is 1.99. The lowest BCUT2D eigenvalue weighted by molar-refractivity contribution is -0.385. The van der Waals surface area contributed by atoms with E-state index in [4.69, 9.17) is 0 Å². The van der Waals surface area contributed by atoms with E-state index < -0.39 is 14.9 Å². The van der Waals surface area contributed by atoms with E-state index in [-0.39, 0.29) is 16.6 Å². The van der Waals surface area contributed by atoms with Crippen molar-refractivity contribution >= 4 is 21.4 Å². The molecule has 126 valence electrons. The van der Waals surface area contributed by atoms with Gasteiger partial charge in [-0.05, 0) is 44.6 Å². The van der Waals surface area contributed by atoms with Crippen molar-refractivity contribution in [3.8, 4) is 0 Å². The molecular formula is C15H21N3O4S. The number of hydrogen-bond acceptors (Lipinski definition) is 5. The molecule has 1 aliphatic carbocycles. The summed E-state index contributed by atoms with van der Waals surface area (Å²) < 4.78 is 27.1. The summed E-state index contributed by atoms with van der Waals surface area (Å²) in [5.41, 5.74) is 0.259. The first-order valence-electron chi connectivity index (χ1n) is 7.95. The Morgan fingerprint density at radius 2 is 1.96 bits per heavy atom. The maximum absolute atomic E-state index is 12.9. The summed E-state index contributed by atoms with van der Waals surface area (Å²) in [6.07, 6.45) is 3.93. The summed E-state index contributed by atoms with van der Waals surface area (Å²) in [5, 5.41) is 14.3. The molecule has 1 aliphatic heterocycles. The summed E-state index contributed by atoms with van der Waals surface area (Å²) in [4.78, 5) is 10.5. The van der Waals surface area contributed by atoms with Crippen LogP contribution >= 0.6 is 0 Å². The third-order valence-electron chi connectivity index (χ3n) is 4.57. The van der Waals surface area contributed by atoms with E-state index >= 15 is 0 Å². The van der Waals surface area contributed by atoms with E-state index in [2.05, 4.69) is 5.32 Å². The molecule has 23 heavy (non-hydrogen) atoms. The molecule has 0 bridgehead atoms. The van der Waals surface area contributed by atoms with Crippen molar-refractivity contribution in [3.05, 3.63) is 28.3 Å². The molecule has 0 aromatic heterocycles. The summed E-state index contributed by atoms with van der Waals surface area (Å²) in [6.45, 7) is 2.97. The minimum Gasteiger partial charge on any atom is -0.381 e. The smallest absolute Gasteiger partial charge is 0.270 e. The Labute approximate surface area is 135 Å². The van der Waals surface area contributed by atoms with Gasteiger partial charge in [-0.25, -0.2) is 8.42 Å². The van der Waals surface area contributed by atoms with E-state index in [0.717, 1.165) is 25.7 Å². The lowest BCUT2D eigenvalue weighted by Crippen LogP contribution is -2.29. The number of benzene rings is 1. The highest BCUT2D eigenvalue weighted by atomic mass is 32.2. The second-order valence-corrected chi connectivity index (χ2v) is 8.23. The average Bonchev–Trinajstić information content (AvgIpc) is 3.21. The average molecular weight is 339 g/mol. The molecule has 7 nitrogen and oxygen atoms in total. The van der Waals surface area contributed by atoms with Crippen LogP contribution in [-0.2, 0) is 10.0 Å². The first-order valence-corrected chi connectivity index (χ1v) is 9.39. The van der Waals surface area contributed by atoms with Gasteiger partial charge in [0.2, 0.25) is 10.0 Å². The highest BCUT2D eigenvalue weighted by Gasteiger charge is 2.33. The predicted molar refractivity (Wildman–Crippen MR) is 86.9 cm³/mol. The Morgan fingerprint density at radius 3 is 2.52 bits per heavy atom. The SMILES string of the molecule is CC(Nc1ccc([N+](=O)[O-])cc1S(=O)(=O)N1CCCC1)C1CC1. The number of nitrogens with zero attached hydrogens (tertiary/aromatic N) is 2. The van der Waals surface area contributed by atoms with Gasteiger partial charge in [0.1, 0.15) is 4.90 Å². The summed E-state index contributed by atoms with van der Waals surface area (Å²) in [6, 6.07) is 4.20. The van der Waals surface area contributed by atoms with Crippen molar-refractivity contribution < 1.29 is 13.3 Å². The van der Waals surface area contributed by atoms with E-state index in [9.17, 15) is 18.5 Å². The Kier molecular flexibility index (Phi) is 4.29. The number of non-ortho nitro benzene ring substituents is 1. The summed E-state index contributed by atoms with van der Waals surface area (Å²) in [7, 11) is -3.71. The van der Waals surface area contributed by atoms with Crippen LogP contribution in [0.4, 0.5) is 11.4 Å². The first-order chi connectivity index (χ1) is 10.9. The van der Waals surface area contributed by atoms with Gasteiger partial charge in [-0.1, -0.05) is 0 Å². The molecule has 1 N–H and O–H groups in total. The Bertz CT molecular complexity index is 709. The van der Waals surface area contributed by atoms with Gasteiger partial charge in [0.05, 0.1) is 10.6 Å². The number of sulfonamides is 1. The zero-order valence-electron chi connectivity index (χ0n) is 13.1. The molecule has 1 atom stereocenters. The third kappa shape index (κ3) is 3.32. The summed E-state index contributed by atoms with van der Waals surface area (Å²) in [5.74, 6) is 0.549. The molecule has 1 heterocycles. The highest BCUT2D eigenvalue weighted by Crippen LogP contribution is 2.36. The van der Waals surface area contributed by atoms with Crippen molar-refractivity contribution in [2.45, 2.75) is 43.5 Å². The lowest BCUT2D eigenvalue weighted by atomic mass is 10.2. The predicted octanol–water partition coefficient (Wildman–Crippen LogP) is 2.59. The van der Waals surface area contributed by atoms with Gasteiger partial charge in [-0.2, -0.15) is 4.31 Å². The molecule has 1 aromatic carbocycles. The minimum absolute atomic E-state index is 0.0149. The van der Waals surface area contributed by atoms with Crippen LogP contribution in [0.25, 0.3) is 0 Å². The second-order valence-electron chi connectivity index (χ2n) is 6.32. The normalized spacial score (nSPS) is 20.4. The van der Waals surface area contributed by atoms with Gasteiger partial charge < -0.3 is 5.32 Å². The third-order valence-corrected chi connectivity index (χ3v) is 6.51. The van der Waals surface area contributed by atoms with E-state index in [1.165, 1.54) is 22.5 Å². The second kappa shape index (κ2) is 6.09. The van der Waals surface area contributed by atoms with Crippen LogP contribution in [0.2, 0.25) is 0 Å². The molecule has 0 spiro atoms. The standard InChI is InChI=1S/C15H21N3O4S/c1-11(12-4-5-12)16-14-7-6-13(18(19)20)10-15(14)23(21,22)17-8-2-3-9-17/h6-7,10-12,16H,2-5,8-9H2,1H3. The van der Waals surface area contributed by atoms with Crippen molar-refractivity contribution in [1.29, 1.82) is 0 Å². The molecule has 1 aromatic rings. The molecule has 1 saturated heterocycles. The molecule has 0 amide bonds.